The summed E-state index contributed by atoms with van der Waals surface area (Å²) in [6.45, 7) is 0.597. The van der Waals surface area contributed by atoms with Gasteiger partial charge in [-0.2, -0.15) is 0 Å². The van der Waals surface area contributed by atoms with Crippen molar-refractivity contribution < 1.29 is 4.74 Å². The third-order valence-electron chi connectivity index (χ3n) is 3.01. The summed E-state index contributed by atoms with van der Waals surface area (Å²) < 4.78 is 5.17. The van der Waals surface area contributed by atoms with Gasteiger partial charge in [-0.1, -0.05) is 12.1 Å². The van der Waals surface area contributed by atoms with Gasteiger partial charge in [0.2, 0.25) is 0 Å². The first-order valence-corrected chi connectivity index (χ1v) is 5.86. The van der Waals surface area contributed by atoms with Crippen molar-refractivity contribution in [1.29, 1.82) is 0 Å². The molecule has 1 saturated carbocycles. The summed E-state index contributed by atoms with van der Waals surface area (Å²) in [4.78, 5) is 6.45. The van der Waals surface area contributed by atoms with Crippen molar-refractivity contribution >= 4 is 29.9 Å². The van der Waals surface area contributed by atoms with Gasteiger partial charge in [0, 0.05) is 13.1 Å². The minimum atomic E-state index is 0. The standard InChI is InChI=1S/C13H19N3O.HI/c1-16(11-6-7-11)13(14)15-9-10-4-3-5-12(8-10)17-2;/h3-5,8,11H,6-7,9H2,1-2H3,(H2,14,15);1H. The smallest absolute Gasteiger partial charge is 0.191 e. The van der Waals surface area contributed by atoms with E-state index in [4.69, 9.17) is 10.5 Å². The van der Waals surface area contributed by atoms with E-state index in [9.17, 15) is 0 Å². The van der Waals surface area contributed by atoms with Crippen LogP contribution in [0.5, 0.6) is 5.75 Å². The fraction of sp³-hybridized carbons (Fsp3) is 0.462. The summed E-state index contributed by atoms with van der Waals surface area (Å²) in [7, 11) is 3.67. The van der Waals surface area contributed by atoms with Gasteiger partial charge in [0.15, 0.2) is 5.96 Å². The van der Waals surface area contributed by atoms with E-state index in [1.807, 2.05) is 31.3 Å². The van der Waals surface area contributed by atoms with Gasteiger partial charge in [0.1, 0.15) is 5.75 Å². The SMILES string of the molecule is COc1cccc(CN=C(N)N(C)C2CC2)c1.I. The normalized spacial score (nSPS) is 14.9. The van der Waals surface area contributed by atoms with Crippen LogP contribution in [-0.4, -0.2) is 31.1 Å². The second-order valence-corrected chi connectivity index (χ2v) is 4.37. The van der Waals surface area contributed by atoms with Crippen molar-refractivity contribution in [3.05, 3.63) is 29.8 Å². The molecule has 0 saturated heterocycles. The predicted octanol–water partition coefficient (Wildman–Crippen LogP) is 2.22. The summed E-state index contributed by atoms with van der Waals surface area (Å²) in [5, 5.41) is 0. The Hall–Kier alpha value is -0.980. The van der Waals surface area contributed by atoms with Crippen molar-refractivity contribution in [1.82, 2.24) is 4.90 Å². The number of nitrogens with two attached hydrogens (primary N) is 1. The van der Waals surface area contributed by atoms with Crippen molar-refractivity contribution in [2.45, 2.75) is 25.4 Å². The molecule has 0 heterocycles. The van der Waals surface area contributed by atoms with Gasteiger partial charge in [0.25, 0.3) is 0 Å². The number of nitrogens with zero attached hydrogens (tertiary/aromatic N) is 2. The van der Waals surface area contributed by atoms with Crippen molar-refractivity contribution in [3.63, 3.8) is 0 Å². The fourth-order valence-corrected chi connectivity index (χ4v) is 1.70. The van der Waals surface area contributed by atoms with Crippen molar-refractivity contribution in [3.8, 4) is 5.75 Å². The molecule has 5 heteroatoms. The summed E-state index contributed by atoms with van der Waals surface area (Å²) >= 11 is 0. The van der Waals surface area contributed by atoms with Crippen LogP contribution in [0.25, 0.3) is 0 Å². The molecule has 2 N–H and O–H groups in total. The fourth-order valence-electron chi connectivity index (χ4n) is 1.70. The Morgan fingerprint density at radius 3 is 2.83 bits per heavy atom. The molecule has 0 unspecified atom stereocenters. The Morgan fingerprint density at radius 1 is 1.50 bits per heavy atom. The molecule has 4 nitrogen and oxygen atoms in total. The van der Waals surface area contributed by atoms with Gasteiger partial charge in [-0.05, 0) is 30.5 Å². The number of guanidine groups is 1. The summed E-state index contributed by atoms with van der Waals surface area (Å²) in [5.74, 6) is 1.47. The maximum Gasteiger partial charge on any atom is 0.191 e. The van der Waals surface area contributed by atoms with Gasteiger partial charge >= 0.3 is 0 Å². The Morgan fingerprint density at radius 2 is 2.22 bits per heavy atom. The minimum absolute atomic E-state index is 0. The Balaban J connectivity index is 0.00000162. The molecule has 2 rings (SSSR count). The molecule has 0 aliphatic heterocycles. The lowest BCUT2D eigenvalue weighted by Crippen LogP contribution is -2.35. The average Bonchev–Trinajstić information content (AvgIpc) is 3.19. The van der Waals surface area contributed by atoms with E-state index in [0.717, 1.165) is 11.3 Å². The number of aliphatic imine (C=N–C) groups is 1. The molecule has 0 amide bonds. The van der Waals surface area contributed by atoms with E-state index in [0.29, 0.717) is 18.5 Å². The predicted molar refractivity (Wildman–Crippen MR) is 84.5 cm³/mol. The first-order valence-electron chi connectivity index (χ1n) is 5.86. The van der Waals surface area contributed by atoms with Gasteiger partial charge in [-0.3, -0.25) is 0 Å². The third kappa shape index (κ3) is 4.04. The third-order valence-corrected chi connectivity index (χ3v) is 3.01. The second kappa shape index (κ2) is 6.82. The Kier molecular flexibility index (Phi) is 5.71. The average molecular weight is 361 g/mol. The molecule has 0 radical (unpaired) electrons. The van der Waals surface area contributed by atoms with E-state index < -0.39 is 0 Å². The van der Waals surface area contributed by atoms with Crippen LogP contribution in [0.3, 0.4) is 0 Å². The van der Waals surface area contributed by atoms with E-state index in [1.165, 1.54) is 12.8 Å². The molecule has 1 aromatic rings. The summed E-state index contributed by atoms with van der Waals surface area (Å²) in [6, 6.07) is 8.49. The van der Waals surface area contributed by atoms with Crippen LogP contribution in [0, 0.1) is 0 Å². The lowest BCUT2D eigenvalue weighted by atomic mass is 10.2. The van der Waals surface area contributed by atoms with Crippen LogP contribution < -0.4 is 10.5 Å². The zero-order valence-corrected chi connectivity index (χ0v) is 13.1. The topological polar surface area (TPSA) is 50.9 Å². The molecule has 1 aliphatic carbocycles. The Labute approximate surface area is 125 Å². The van der Waals surface area contributed by atoms with Crippen LogP contribution in [0.4, 0.5) is 0 Å². The largest absolute Gasteiger partial charge is 0.497 e. The highest BCUT2D eigenvalue weighted by Crippen LogP contribution is 2.25. The maximum atomic E-state index is 5.92. The number of rotatable bonds is 4. The van der Waals surface area contributed by atoms with Crippen LogP contribution in [-0.2, 0) is 6.54 Å². The Bertz CT molecular complexity index is 418. The molecular weight excluding hydrogens is 341 g/mol. The zero-order valence-electron chi connectivity index (χ0n) is 10.8. The number of hydrogen-bond acceptors (Lipinski definition) is 2. The van der Waals surface area contributed by atoms with Gasteiger partial charge in [-0.15, -0.1) is 24.0 Å². The number of halogens is 1. The molecule has 0 aromatic heterocycles. The minimum Gasteiger partial charge on any atom is -0.497 e. The highest BCUT2D eigenvalue weighted by atomic mass is 127. The van der Waals surface area contributed by atoms with Gasteiger partial charge in [-0.25, -0.2) is 4.99 Å². The monoisotopic (exact) mass is 361 g/mol. The van der Waals surface area contributed by atoms with Gasteiger partial charge < -0.3 is 15.4 Å². The summed E-state index contributed by atoms with van der Waals surface area (Å²) in [6.07, 6.45) is 2.46. The van der Waals surface area contributed by atoms with Crippen molar-refractivity contribution in [2.24, 2.45) is 10.7 Å². The second-order valence-electron chi connectivity index (χ2n) is 4.37. The quantitative estimate of drug-likeness (QED) is 0.508. The molecule has 1 fully saturated rings. The lowest BCUT2D eigenvalue weighted by Gasteiger charge is -2.16. The van der Waals surface area contributed by atoms with E-state index in [1.54, 1.807) is 7.11 Å². The molecule has 1 aliphatic rings. The lowest BCUT2D eigenvalue weighted by molar-refractivity contribution is 0.414. The number of hydrogen-bond donors (Lipinski definition) is 1. The molecule has 100 valence electrons. The highest BCUT2D eigenvalue weighted by molar-refractivity contribution is 14.0. The van der Waals surface area contributed by atoms with Gasteiger partial charge in [0.05, 0.1) is 13.7 Å². The van der Waals surface area contributed by atoms with Crippen LogP contribution >= 0.6 is 24.0 Å². The maximum absolute atomic E-state index is 5.92. The van der Waals surface area contributed by atoms with E-state index in [-0.39, 0.29) is 24.0 Å². The van der Waals surface area contributed by atoms with Crippen molar-refractivity contribution in [2.75, 3.05) is 14.2 Å². The molecule has 0 spiro atoms. The molecule has 0 atom stereocenters. The molecule has 0 bridgehead atoms. The molecule has 1 aromatic carbocycles. The van der Waals surface area contributed by atoms with E-state index in [2.05, 4.69) is 9.89 Å². The molecule has 18 heavy (non-hydrogen) atoms. The van der Waals surface area contributed by atoms with Crippen LogP contribution in [0.1, 0.15) is 18.4 Å². The van der Waals surface area contributed by atoms with E-state index >= 15 is 0 Å². The van der Waals surface area contributed by atoms with Crippen LogP contribution in [0.2, 0.25) is 0 Å². The first-order chi connectivity index (χ1) is 8.20. The number of ether oxygens (including phenoxy) is 1. The van der Waals surface area contributed by atoms with Crippen LogP contribution in [0.15, 0.2) is 29.3 Å². The highest BCUT2D eigenvalue weighted by Gasteiger charge is 2.27. The molecular formula is C13H20IN3O. The first kappa shape index (κ1) is 15.1. The number of methoxy groups -OCH3 is 1. The number of benzene rings is 1. The summed E-state index contributed by atoms with van der Waals surface area (Å²) in [5.41, 5.74) is 7.03. The zero-order chi connectivity index (χ0) is 12.3.